The molecule has 0 bridgehead atoms. The first-order valence-corrected chi connectivity index (χ1v) is 7.86. The van der Waals surface area contributed by atoms with E-state index in [0.29, 0.717) is 10.3 Å². The molecule has 0 aliphatic rings. The van der Waals surface area contributed by atoms with Crippen LogP contribution in [-0.2, 0) is 9.37 Å². The lowest BCUT2D eigenvalue weighted by Gasteiger charge is -2.05. The number of benzene rings is 3. The lowest BCUT2D eigenvalue weighted by atomic mass is 10.1. The highest BCUT2D eigenvalue weighted by atomic mass is 32.2. The van der Waals surface area contributed by atoms with Crippen molar-refractivity contribution < 1.29 is 19.7 Å². The van der Waals surface area contributed by atoms with Crippen molar-refractivity contribution in [2.45, 2.75) is 4.90 Å². The first kappa shape index (κ1) is 15.0. The number of fused-ring (bicyclic) bond motifs is 3. The molecule has 4 rings (SSSR count). The maximum absolute atomic E-state index is 10.2. The molecule has 0 saturated carbocycles. The zero-order valence-electron chi connectivity index (χ0n) is 12.3. The van der Waals surface area contributed by atoms with E-state index in [-0.39, 0.29) is 5.75 Å². The smallest absolute Gasteiger partial charge is 0.138 e. The van der Waals surface area contributed by atoms with Crippen LogP contribution in [-0.4, -0.2) is 20.3 Å². The second-order valence-corrected chi connectivity index (χ2v) is 5.95. The molecular weight excluding hydrogens is 328 g/mol. The predicted molar refractivity (Wildman–Crippen MR) is 91.4 cm³/mol. The number of hydrogen-bond acceptors (Lipinski definition) is 6. The third-order valence-corrected chi connectivity index (χ3v) is 4.30. The van der Waals surface area contributed by atoms with E-state index in [9.17, 15) is 5.11 Å². The number of phenolic OH excluding ortho intramolecular Hbond substituents is 1. The van der Waals surface area contributed by atoms with Gasteiger partial charge in [-0.05, 0) is 24.3 Å². The van der Waals surface area contributed by atoms with Crippen molar-refractivity contribution in [2.75, 3.05) is 0 Å². The van der Waals surface area contributed by atoms with E-state index in [1.807, 2.05) is 48.5 Å². The van der Waals surface area contributed by atoms with Crippen LogP contribution in [0.5, 0.6) is 5.75 Å². The Morgan fingerprint density at radius 1 is 1.00 bits per heavy atom. The van der Waals surface area contributed by atoms with Gasteiger partial charge in [0.1, 0.15) is 11.6 Å². The molecule has 0 saturated heterocycles. The summed E-state index contributed by atoms with van der Waals surface area (Å²) in [5.74, 6) is 0.855. The fourth-order valence-electron chi connectivity index (χ4n) is 2.70. The lowest BCUT2D eigenvalue weighted by Crippen LogP contribution is -1.82. The van der Waals surface area contributed by atoms with Crippen molar-refractivity contribution in [1.29, 1.82) is 0 Å². The van der Waals surface area contributed by atoms with E-state index in [0.717, 1.165) is 39.9 Å². The van der Waals surface area contributed by atoms with E-state index >= 15 is 0 Å². The van der Waals surface area contributed by atoms with Crippen molar-refractivity contribution in [1.82, 2.24) is 9.97 Å². The first-order valence-electron chi connectivity index (χ1n) is 7.12. The second kappa shape index (κ2) is 6.14. The summed E-state index contributed by atoms with van der Waals surface area (Å²) in [5, 5.41) is 23.6. The number of nitrogens with zero attached hydrogens (tertiary/aromatic N) is 1. The minimum atomic E-state index is 0.0997. The summed E-state index contributed by atoms with van der Waals surface area (Å²) in [6.45, 7) is 0. The van der Waals surface area contributed by atoms with Gasteiger partial charge < -0.3 is 10.1 Å². The van der Waals surface area contributed by atoms with Crippen molar-refractivity contribution in [3.8, 4) is 17.1 Å². The summed E-state index contributed by atoms with van der Waals surface area (Å²) in [6.07, 6.45) is 0. The zero-order chi connectivity index (χ0) is 16.5. The van der Waals surface area contributed by atoms with Crippen LogP contribution in [0.15, 0.2) is 59.5 Å². The highest BCUT2D eigenvalue weighted by molar-refractivity contribution is 7.94. The van der Waals surface area contributed by atoms with Crippen molar-refractivity contribution in [2.24, 2.45) is 0 Å². The maximum Gasteiger partial charge on any atom is 0.138 e. The molecule has 3 aromatic carbocycles. The molecule has 4 aromatic rings. The number of phenols is 1. The number of imidazole rings is 1. The Morgan fingerprint density at radius 3 is 2.62 bits per heavy atom. The van der Waals surface area contributed by atoms with Gasteiger partial charge in [-0.3, -0.25) is 0 Å². The van der Waals surface area contributed by atoms with Crippen LogP contribution in [0.4, 0.5) is 0 Å². The zero-order valence-corrected chi connectivity index (χ0v) is 13.1. The van der Waals surface area contributed by atoms with E-state index in [2.05, 4.69) is 19.3 Å². The normalized spacial score (nSPS) is 11.4. The van der Waals surface area contributed by atoms with Gasteiger partial charge in [-0.25, -0.2) is 10.2 Å². The van der Waals surface area contributed by atoms with Crippen molar-refractivity contribution in [3.63, 3.8) is 0 Å². The maximum atomic E-state index is 10.2. The van der Waals surface area contributed by atoms with Gasteiger partial charge >= 0.3 is 0 Å². The fourth-order valence-corrected chi connectivity index (χ4v) is 3.13. The average Bonchev–Trinajstić information content (AvgIpc) is 3.05. The molecule has 3 N–H and O–H groups in total. The number of nitrogens with one attached hydrogen (secondary N) is 1. The van der Waals surface area contributed by atoms with Crippen LogP contribution < -0.4 is 0 Å². The van der Waals surface area contributed by atoms with Crippen LogP contribution in [0.25, 0.3) is 33.2 Å². The van der Waals surface area contributed by atoms with Gasteiger partial charge in [-0.2, -0.15) is 0 Å². The molecule has 0 aliphatic heterocycles. The number of aromatic amines is 1. The Hall–Kier alpha value is -2.58. The average molecular weight is 340 g/mol. The van der Waals surface area contributed by atoms with Crippen LogP contribution in [0.2, 0.25) is 0 Å². The molecule has 0 amide bonds. The predicted octanol–water partition coefficient (Wildman–Crippen LogP) is 4.52. The van der Waals surface area contributed by atoms with Crippen LogP contribution >= 0.6 is 12.0 Å². The summed E-state index contributed by atoms with van der Waals surface area (Å²) in [6, 6.07) is 16.9. The summed E-state index contributed by atoms with van der Waals surface area (Å²) < 4.78 is 4.44. The third-order valence-electron chi connectivity index (χ3n) is 3.74. The Kier molecular flexibility index (Phi) is 3.83. The molecule has 0 atom stereocenters. The van der Waals surface area contributed by atoms with Gasteiger partial charge in [-0.1, -0.05) is 35.4 Å². The van der Waals surface area contributed by atoms with Gasteiger partial charge in [0.25, 0.3) is 0 Å². The van der Waals surface area contributed by atoms with Crippen molar-refractivity contribution in [3.05, 3.63) is 54.6 Å². The SMILES string of the molecule is OOOSc1cc(O)c2ccc3[nH]c(-c4ccccc4)nc3c2c1. The highest BCUT2D eigenvalue weighted by Gasteiger charge is 2.12. The van der Waals surface area contributed by atoms with E-state index in [1.165, 1.54) is 6.07 Å². The Morgan fingerprint density at radius 2 is 1.83 bits per heavy atom. The molecule has 1 heterocycles. The summed E-state index contributed by atoms with van der Waals surface area (Å²) >= 11 is 0.791. The lowest BCUT2D eigenvalue weighted by molar-refractivity contribution is -0.432. The van der Waals surface area contributed by atoms with E-state index in [1.54, 1.807) is 0 Å². The molecule has 6 nitrogen and oxygen atoms in total. The molecule has 1 aromatic heterocycles. The van der Waals surface area contributed by atoms with Crippen LogP contribution in [0, 0.1) is 0 Å². The molecule has 0 unspecified atom stereocenters. The van der Waals surface area contributed by atoms with Gasteiger partial charge in [0.05, 0.1) is 23.1 Å². The topological polar surface area (TPSA) is 87.6 Å². The number of aromatic nitrogens is 2. The van der Waals surface area contributed by atoms with E-state index in [4.69, 9.17) is 5.26 Å². The molecule has 7 heteroatoms. The fraction of sp³-hybridized carbons (Fsp3) is 0. The quantitative estimate of drug-likeness (QED) is 0.288. The number of hydrogen-bond donors (Lipinski definition) is 3. The van der Waals surface area contributed by atoms with Crippen LogP contribution in [0.1, 0.15) is 0 Å². The minimum absolute atomic E-state index is 0.0997. The molecule has 24 heavy (non-hydrogen) atoms. The molecule has 0 aliphatic carbocycles. The Balaban J connectivity index is 1.92. The number of H-pyrrole nitrogens is 1. The summed E-state index contributed by atoms with van der Waals surface area (Å²) in [4.78, 5) is 8.54. The number of aromatic hydroxyl groups is 1. The van der Waals surface area contributed by atoms with Crippen LogP contribution in [0.3, 0.4) is 0 Å². The van der Waals surface area contributed by atoms with Gasteiger partial charge in [0.2, 0.25) is 0 Å². The Labute approximate surface area is 140 Å². The summed E-state index contributed by atoms with van der Waals surface area (Å²) in [5.41, 5.74) is 2.59. The third kappa shape index (κ3) is 2.59. The van der Waals surface area contributed by atoms with E-state index < -0.39 is 0 Å². The monoisotopic (exact) mass is 340 g/mol. The second-order valence-electron chi connectivity index (χ2n) is 5.18. The molecule has 0 spiro atoms. The highest BCUT2D eigenvalue weighted by Crippen LogP contribution is 2.36. The largest absolute Gasteiger partial charge is 0.507 e. The van der Waals surface area contributed by atoms with Gasteiger partial charge in [0.15, 0.2) is 0 Å². The molecule has 0 fully saturated rings. The molecular formula is C17H12N2O4S. The Bertz CT molecular complexity index is 1020. The first-order chi connectivity index (χ1) is 11.8. The standard InChI is InChI=1S/C17H12N2O4S/c20-15-9-11(24-23-22-21)8-13-12(15)6-7-14-16(13)19-17(18-14)10-4-2-1-3-5-10/h1-9,20-21H,(H,18,19). The summed E-state index contributed by atoms with van der Waals surface area (Å²) in [7, 11) is 0. The molecule has 0 radical (unpaired) electrons. The number of rotatable bonds is 4. The van der Waals surface area contributed by atoms with Crippen molar-refractivity contribution >= 4 is 33.8 Å². The van der Waals surface area contributed by atoms with Gasteiger partial charge in [0, 0.05) is 21.2 Å². The van der Waals surface area contributed by atoms with Gasteiger partial charge in [-0.15, -0.1) is 4.33 Å². The minimum Gasteiger partial charge on any atom is -0.507 e. The molecule has 120 valence electrons.